The number of rotatable bonds is 0. The van der Waals surface area contributed by atoms with E-state index in [1.165, 1.54) is 6.07 Å². The summed E-state index contributed by atoms with van der Waals surface area (Å²) in [7, 11) is 0. The van der Waals surface area contributed by atoms with Gasteiger partial charge in [-0.3, -0.25) is 0 Å². The number of nitrogens with zero attached hydrogens (tertiary/aromatic N) is 1. The van der Waals surface area contributed by atoms with Gasteiger partial charge in [0.2, 0.25) is 0 Å². The average molecular weight is 209 g/mol. The van der Waals surface area contributed by atoms with Crippen LogP contribution in [-0.2, 0) is 0 Å². The van der Waals surface area contributed by atoms with E-state index in [1.807, 2.05) is 6.07 Å². The molecule has 0 amide bonds. The number of thiol groups is 1. The first-order chi connectivity index (χ1) is 6.22. The topological polar surface area (TPSA) is 23.8 Å². The Kier molecular flexibility index (Phi) is 1.98. The summed E-state index contributed by atoms with van der Waals surface area (Å²) in [5.41, 5.74) is 0. The lowest BCUT2D eigenvalue weighted by Crippen LogP contribution is -1.73. The summed E-state index contributed by atoms with van der Waals surface area (Å²) in [6.07, 6.45) is 0. The minimum absolute atomic E-state index is 0.292. The zero-order valence-corrected chi connectivity index (χ0v) is 8.12. The predicted octanol–water partition coefficient (Wildman–Crippen LogP) is 3.20. The van der Waals surface area contributed by atoms with E-state index in [0.29, 0.717) is 19.9 Å². The van der Waals surface area contributed by atoms with Gasteiger partial charge in [0.15, 0.2) is 0 Å². The van der Waals surface area contributed by atoms with Crippen LogP contribution in [0.25, 0.3) is 10.1 Å². The number of hydrogen-bond donors (Lipinski definition) is 1. The van der Waals surface area contributed by atoms with E-state index in [-0.39, 0.29) is 5.82 Å². The number of thiophene rings is 1. The van der Waals surface area contributed by atoms with Gasteiger partial charge < -0.3 is 0 Å². The molecule has 1 aromatic carbocycles. The van der Waals surface area contributed by atoms with Crippen LogP contribution in [0, 0.1) is 17.1 Å². The van der Waals surface area contributed by atoms with E-state index in [0.717, 1.165) is 11.3 Å². The van der Waals surface area contributed by atoms with Crippen molar-refractivity contribution < 1.29 is 4.39 Å². The summed E-state index contributed by atoms with van der Waals surface area (Å²) in [5.74, 6) is -0.292. The van der Waals surface area contributed by atoms with Crippen LogP contribution >= 0.6 is 24.0 Å². The average Bonchev–Trinajstić information content (AvgIpc) is 2.56. The molecule has 0 aliphatic rings. The minimum Gasteiger partial charge on any atom is -0.205 e. The number of benzene rings is 1. The van der Waals surface area contributed by atoms with Gasteiger partial charge >= 0.3 is 0 Å². The van der Waals surface area contributed by atoms with Gasteiger partial charge in [0, 0.05) is 10.3 Å². The molecule has 0 aliphatic carbocycles. The molecular weight excluding hydrogens is 205 g/mol. The number of hydrogen-bond acceptors (Lipinski definition) is 3. The lowest BCUT2D eigenvalue weighted by molar-refractivity contribution is 0.641. The van der Waals surface area contributed by atoms with Gasteiger partial charge in [-0.15, -0.1) is 24.0 Å². The molecule has 1 aromatic heterocycles. The number of halogens is 1. The van der Waals surface area contributed by atoms with Gasteiger partial charge in [-0.2, -0.15) is 5.26 Å². The fourth-order valence-electron chi connectivity index (χ4n) is 1.13. The van der Waals surface area contributed by atoms with Crippen LogP contribution < -0.4 is 0 Å². The van der Waals surface area contributed by atoms with Gasteiger partial charge in [0.1, 0.15) is 16.8 Å². The molecule has 1 nitrogen and oxygen atoms in total. The maximum absolute atomic E-state index is 13.2. The first kappa shape index (κ1) is 8.54. The van der Waals surface area contributed by atoms with Crippen LogP contribution in [0.1, 0.15) is 4.88 Å². The van der Waals surface area contributed by atoms with E-state index in [9.17, 15) is 4.39 Å². The Labute approximate surface area is 83.8 Å². The normalized spacial score (nSPS) is 10.2. The van der Waals surface area contributed by atoms with Crippen molar-refractivity contribution in [3.8, 4) is 6.07 Å². The molecule has 0 radical (unpaired) electrons. The first-order valence-electron chi connectivity index (χ1n) is 3.53. The van der Waals surface area contributed by atoms with Crippen molar-refractivity contribution >= 4 is 34.1 Å². The third kappa shape index (κ3) is 1.30. The van der Waals surface area contributed by atoms with Crippen molar-refractivity contribution in [2.75, 3.05) is 0 Å². The molecule has 0 spiro atoms. The van der Waals surface area contributed by atoms with Crippen LogP contribution in [0.4, 0.5) is 4.39 Å². The SMILES string of the molecule is N#Cc1cc2c(S)ccc(F)c2s1. The molecule has 64 valence electrons. The molecule has 13 heavy (non-hydrogen) atoms. The molecule has 1 heterocycles. The largest absolute Gasteiger partial charge is 0.205 e. The number of fused-ring (bicyclic) bond motifs is 1. The summed E-state index contributed by atoms with van der Waals surface area (Å²) >= 11 is 5.33. The summed E-state index contributed by atoms with van der Waals surface area (Å²) in [5, 5.41) is 9.35. The highest BCUT2D eigenvalue weighted by atomic mass is 32.1. The van der Waals surface area contributed by atoms with E-state index < -0.39 is 0 Å². The van der Waals surface area contributed by atoms with Crippen LogP contribution in [0.3, 0.4) is 0 Å². The molecular formula is C9H4FNS2. The zero-order valence-electron chi connectivity index (χ0n) is 6.41. The molecule has 0 fully saturated rings. The third-order valence-corrected chi connectivity index (χ3v) is 3.16. The fraction of sp³-hybridized carbons (Fsp3) is 0. The van der Waals surface area contributed by atoms with E-state index in [2.05, 4.69) is 12.6 Å². The third-order valence-electron chi connectivity index (χ3n) is 1.72. The molecule has 2 aromatic rings. The molecule has 4 heteroatoms. The summed E-state index contributed by atoms with van der Waals surface area (Å²) in [4.78, 5) is 1.21. The number of nitriles is 1. The Hall–Kier alpha value is -1.05. The maximum Gasteiger partial charge on any atom is 0.141 e. The quantitative estimate of drug-likeness (QED) is 0.662. The molecule has 0 saturated carbocycles. The van der Waals surface area contributed by atoms with Crippen molar-refractivity contribution in [2.45, 2.75) is 4.90 Å². The molecule has 2 rings (SSSR count). The predicted molar refractivity (Wildman–Crippen MR) is 53.8 cm³/mol. The second-order valence-corrected chi connectivity index (χ2v) is 4.07. The van der Waals surface area contributed by atoms with Crippen LogP contribution in [0.2, 0.25) is 0 Å². The Morgan fingerprint density at radius 2 is 2.23 bits per heavy atom. The van der Waals surface area contributed by atoms with Crippen LogP contribution in [0.5, 0.6) is 0 Å². The molecule has 0 atom stereocenters. The Balaban J connectivity index is 2.90. The van der Waals surface area contributed by atoms with E-state index >= 15 is 0 Å². The molecule has 0 N–H and O–H groups in total. The van der Waals surface area contributed by atoms with Gasteiger partial charge in [0.05, 0.1) is 4.70 Å². The van der Waals surface area contributed by atoms with Gasteiger partial charge in [0.25, 0.3) is 0 Å². The summed E-state index contributed by atoms with van der Waals surface area (Å²) in [6, 6.07) is 6.60. The highest BCUT2D eigenvalue weighted by molar-refractivity contribution is 7.80. The Morgan fingerprint density at radius 3 is 2.85 bits per heavy atom. The maximum atomic E-state index is 13.2. The molecule has 0 bridgehead atoms. The second-order valence-electron chi connectivity index (χ2n) is 2.53. The van der Waals surface area contributed by atoms with Crippen molar-refractivity contribution in [1.29, 1.82) is 5.26 Å². The Morgan fingerprint density at radius 1 is 1.46 bits per heavy atom. The molecule has 0 saturated heterocycles. The second kappa shape index (κ2) is 3.02. The highest BCUT2D eigenvalue weighted by Crippen LogP contribution is 2.31. The van der Waals surface area contributed by atoms with Crippen LogP contribution in [0.15, 0.2) is 23.1 Å². The fourth-order valence-corrected chi connectivity index (χ4v) is 2.34. The monoisotopic (exact) mass is 209 g/mol. The summed E-state index contributed by atoms with van der Waals surface area (Å²) < 4.78 is 13.7. The Bertz CT molecular complexity index is 471. The van der Waals surface area contributed by atoms with E-state index in [4.69, 9.17) is 5.26 Å². The zero-order chi connectivity index (χ0) is 9.42. The molecule has 0 unspecified atom stereocenters. The smallest absolute Gasteiger partial charge is 0.141 e. The summed E-state index contributed by atoms with van der Waals surface area (Å²) in [6.45, 7) is 0. The minimum atomic E-state index is -0.292. The van der Waals surface area contributed by atoms with Gasteiger partial charge in [-0.25, -0.2) is 4.39 Å². The van der Waals surface area contributed by atoms with Gasteiger partial charge in [-0.05, 0) is 18.2 Å². The van der Waals surface area contributed by atoms with Crippen LogP contribution in [-0.4, -0.2) is 0 Å². The lowest BCUT2D eigenvalue weighted by Gasteiger charge is -1.94. The van der Waals surface area contributed by atoms with E-state index in [1.54, 1.807) is 12.1 Å². The first-order valence-corrected chi connectivity index (χ1v) is 4.80. The standard InChI is InChI=1S/C9H4FNS2/c10-7-1-2-8(12)6-3-5(4-11)13-9(6)7/h1-3,12H. The van der Waals surface area contributed by atoms with Crippen molar-refractivity contribution in [2.24, 2.45) is 0 Å². The lowest BCUT2D eigenvalue weighted by atomic mass is 10.2. The van der Waals surface area contributed by atoms with Crippen molar-refractivity contribution in [1.82, 2.24) is 0 Å². The highest BCUT2D eigenvalue weighted by Gasteiger charge is 2.08. The van der Waals surface area contributed by atoms with Crippen molar-refractivity contribution in [3.05, 3.63) is 28.9 Å². The molecule has 0 aliphatic heterocycles. The van der Waals surface area contributed by atoms with Gasteiger partial charge in [-0.1, -0.05) is 0 Å². The van der Waals surface area contributed by atoms with Crippen molar-refractivity contribution in [3.63, 3.8) is 0 Å².